The van der Waals surface area contributed by atoms with Gasteiger partial charge in [-0.3, -0.25) is 0 Å². The highest BCUT2D eigenvalue weighted by Gasteiger charge is 2.36. The van der Waals surface area contributed by atoms with Crippen LogP contribution in [-0.4, -0.2) is 52.6 Å². The monoisotopic (exact) mass is 295 g/mol. The van der Waals surface area contributed by atoms with Crippen molar-refractivity contribution >= 4 is 21.4 Å². The van der Waals surface area contributed by atoms with Crippen molar-refractivity contribution in [3.63, 3.8) is 0 Å². The zero-order valence-electron chi connectivity index (χ0n) is 11.5. The predicted octanol–water partition coefficient (Wildman–Crippen LogP) is 0.310. The normalized spacial score (nSPS) is 16.6. The Morgan fingerprint density at radius 3 is 2.80 bits per heavy atom. The smallest absolute Gasteiger partial charge is 0.254 e. The van der Waals surface area contributed by atoms with Gasteiger partial charge in [0.05, 0.1) is 5.25 Å². The Bertz CT molecular complexity index is 733. The number of aromatic nitrogens is 4. The van der Waals surface area contributed by atoms with Crippen molar-refractivity contribution in [3.8, 4) is 0 Å². The maximum absolute atomic E-state index is 11.5. The standard InChI is InChI=1S/C12H17N5O2S/c1-3-4-9-5-11(17-12(15-9)13-8-14-17)16-6-10(7-16)20(2,18)19/h5,8,10H,3-4,6-7H2,1-2H3. The zero-order valence-corrected chi connectivity index (χ0v) is 12.3. The molecule has 0 bridgehead atoms. The first kappa shape index (κ1) is 13.3. The quantitative estimate of drug-likeness (QED) is 0.807. The molecule has 0 aliphatic carbocycles. The zero-order chi connectivity index (χ0) is 14.3. The third-order valence-electron chi connectivity index (χ3n) is 3.57. The molecule has 0 spiro atoms. The van der Waals surface area contributed by atoms with Crippen LogP contribution in [0, 0.1) is 0 Å². The van der Waals surface area contributed by atoms with E-state index in [1.807, 2.05) is 11.0 Å². The van der Waals surface area contributed by atoms with Crippen LogP contribution in [0.2, 0.25) is 0 Å². The predicted molar refractivity (Wildman–Crippen MR) is 75.6 cm³/mol. The molecule has 0 N–H and O–H groups in total. The van der Waals surface area contributed by atoms with Crippen LogP contribution in [0.4, 0.5) is 5.82 Å². The Labute approximate surface area is 117 Å². The Balaban J connectivity index is 1.93. The number of sulfone groups is 1. The molecule has 0 atom stereocenters. The summed E-state index contributed by atoms with van der Waals surface area (Å²) in [6, 6.07) is 1.98. The second-order valence-corrected chi connectivity index (χ2v) is 7.51. The number of hydrogen-bond acceptors (Lipinski definition) is 6. The average molecular weight is 295 g/mol. The van der Waals surface area contributed by atoms with E-state index in [2.05, 4.69) is 22.0 Å². The van der Waals surface area contributed by atoms with Crippen LogP contribution >= 0.6 is 0 Å². The third kappa shape index (κ3) is 2.24. The van der Waals surface area contributed by atoms with Crippen LogP contribution in [0.15, 0.2) is 12.4 Å². The van der Waals surface area contributed by atoms with Crippen molar-refractivity contribution in [1.82, 2.24) is 19.6 Å². The molecule has 20 heavy (non-hydrogen) atoms. The molecule has 1 aliphatic rings. The number of fused-ring (bicyclic) bond motifs is 1. The van der Waals surface area contributed by atoms with Crippen LogP contribution in [-0.2, 0) is 16.3 Å². The van der Waals surface area contributed by atoms with E-state index in [0.717, 1.165) is 24.4 Å². The van der Waals surface area contributed by atoms with E-state index in [-0.39, 0.29) is 5.25 Å². The molecule has 8 heteroatoms. The minimum atomic E-state index is -2.97. The molecule has 0 aromatic carbocycles. The fraction of sp³-hybridized carbons (Fsp3) is 0.583. The lowest BCUT2D eigenvalue weighted by atomic mass is 10.2. The SMILES string of the molecule is CCCc1cc(N2CC(S(C)(=O)=O)C2)n2ncnc2n1. The van der Waals surface area contributed by atoms with E-state index < -0.39 is 9.84 Å². The first-order chi connectivity index (χ1) is 9.49. The Hall–Kier alpha value is -1.70. The van der Waals surface area contributed by atoms with Crippen LogP contribution in [0.25, 0.3) is 5.78 Å². The summed E-state index contributed by atoms with van der Waals surface area (Å²) in [5.74, 6) is 1.43. The Kier molecular flexibility index (Phi) is 3.12. The molecule has 0 radical (unpaired) electrons. The van der Waals surface area contributed by atoms with E-state index in [0.29, 0.717) is 18.9 Å². The second-order valence-electron chi connectivity index (χ2n) is 5.18. The molecule has 3 heterocycles. The summed E-state index contributed by atoms with van der Waals surface area (Å²) >= 11 is 0. The van der Waals surface area contributed by atoms with Crippen molar-refractivity contribution < 1.29 is 8.42 Å². The molecule has 108 valence electrons. The van der Waals surface area contributed by atoms with Gasteiger partial charge in [-0.15, -0.1) is 0 Å². The molecule has 1 fully saturated rings. The number of rotatable bonds is 4. The molecular formula is C12H17N5O2S. The fourth-order valence-corrected chi connectivity index (χ4v) is 3.25. The topological polar surface area (TPSA) is 80.5 Å². The van der Waals surface area contributed by atoms with E-state index in [1.165, 1.54) is 12.6 Å². The van der Waals surface area contributed by atoms with Gasteiger partial charge in [0.2, 0.25) is 0 Å². The van der Waals surface area contributed by atoms with E-state index >= 15 is 0 Å². The van der Waals surface area contributed by atoms with Gasteiger partial charge in [-0.25, -0.2) is 13.4 Å². The van der Waals surface area contributed by atoms with Crippen molar-refractivity contribution in [2.24, 2.45) is 0 Å². The molecule has 1 aliphatic heterocycles. The summed E-state index contributed by atoms with van der Waals surface area (Å²) in [5, 5.41) is 3.87. The maximum atomic E-state index is 11.5. The van der Waals surface area contributed by atoms with Gasteiger partial charge in [-0.1, -0.05) is 13.3 Å². The first-order valence-electron chi connectivity index (χ1n) is 6.62. The largest absolute Gasteiger partial charge is 0.354 e. The Morgan fingerprint density at radius 2 is 2.15 bits per heavy atom. The summed E-state index contributed by atoms with van der Waals surface area (Å²) in [6.45, 7) is 3.10. The lowest BCUT2D eigenvalue weighted by Gasteiger charge is -2.39. The second kappa shape index (κ2) is 4.69. The van der Waals surface area contributed by atoms with Crippen molar-refractivity contribution in [2.45, 2.75) is 25.0 Å². The lowest BCUT2D eigenvalue weighted by molar-refractivity contribution is 0.541. The van der Waals surface area contributed by atoms with Gasteiger partial charge in [0, 0.05) is 31.1 Å². The molecule has 1 saturated heterocycles. The Morgan fingerprint density at radius 1 is 1.40 bits per heavy atom. The molecular weight excluding hydrogens is 278 g/mol. The van der Waals surface area contributed by atoms with Gasteiger partial charge in [-0.2, -0.15) is 14.6 Å². The van der Waals surface area contributed by atoms with Crippen LogP contribution in [0.3, 0.4) is 0 Å². The number of aryl methyl sites for hydroxylation is 1. The van der Waals surface area contributed by atoms with Gasteiger partial charge < -0.3 is 4.90 Å². The molecule has 3 rings (SSSR count). The third-order valence-corrected chi connectivity index (χ3v) is 5.08. The fourth-order valence-electron chi connectivity index (χ4n) is 2.35. The molecule has 2 aromatic rings. The van der Waals surface area contributed by atoms with E-state index in [9.17, 15) is 8.42 Å². The van der Waals surface area contributed by atoms with Gasteiger partial charge in [0.25, 0.3) is 5.78 Å². The minimum absolute atomic E-state index is 0.288. The van der Waals surface area contributed by atoms with E-state index in [1.54, 1.807) is 4.52 Å². The molecule has 0 saturated carbocycles. The highest BCUT2D eigenvalue weighted by Crippen LogP contribution is 2.25. The number of nitrogens with zero attached hydrogens (tertiary/aromatic N) is 5. The summed E-state index contributed by atoms with van der Waals surface area (Å²) in [4.78, 5) is 10.6. The van der Waals surface area contributed by atoms with Crippen LogP contribution < -0.4 is 4.90 Å². The highest BCUT2D eigenvalue weighted by molar-refractivity contribution is 7.91. The highest BCUT2D eigenvalue weighted by atomic mass is 32.2. The van der Waals surface area contributed by atoms with Crippen molar-refractivity contribution in [3.05, 3.63) is 18.1 Å². The summed E-state index contributed by atoms with van der Waals surface area (Å²) in [6.07, 6.45) is 4.63. The van der Waals surface area contributed by atoms with E-state index in [4.69, 9.17) is 0 Å². The molecule has 7 nitrogen and oxygen atoms in total. The van der Waals surface area contributed by atoms with Crippen molar-refractivity contribution in [2.75, 3.05) is 24.2 Å². The molecule has 0 unspecified atom stereocenters. The van der Waals surface area contributed by atoms with Gasteiger partial charge in [-0.05, 0) is 6.42 Å². The van der Waals surface area contributed by atoms with Crippen LogP contribution in [0.1, 0.15) is 19.0 Å². The summed E-state index contributed by atoms with van der Waals surface area (Å²) in [5.41, 5.74) is 0.964. The van der Waals surface area contributed by atoms with Gasteiger partial charge in [0.1, 0.15) is 12.1 Å². The number of anilines is 1. The summed E-state index contributed by atoms with van der Waals surface area (Å²) < 4.78 is 24.7. The van der Waals surface area contributed by atoms with Crippen molar-refractivity contribution in [1.29, 1.82) is 0 Å². The molecule has 0 amide bonds. The summed E-state index contributed by atoms with van der Waals surface area (Å²) in [7, 11) is -2.97. The lowest BCUT2D eigenvalue weighted by Crippen LogP contribution is -2.55. The van der Waals surface area contributed by atoms with Gasteiger partial charge in [0.15, 0.2) is 9.84 Å². The first-order valence-corrected chi connectivity index (χ1v) is 8.58. The average Bonchev–Trinajstić information content (AvgIpc) is 2.73. The molecule has 2 aromatic heterocycles. The van der Waals surface area contributed by atoms with Gasteiger partial charge >= 0.3 is 0 Å². The maximum Gasteiger partial charge on any atom is 0.254 e. The number of hydrogen-bond donors (Lipinski definition) is 0. The minimum Gasteiger partial charge on any atom is -0.354 e. The van der Waals surface area contributed by atoms with Crippen LogP contribution in [0.5, 0.6) is 0 Å².